The first kappa shape index (κ1) is 13.7. The van der Waals surface area contributed by atoms with Crippen LogP contribution >= 0.6 is 12.2 Å². The highest BCUT2D eigenvalue weighted by molar-refractivity contribution is 7.80. The van der Waals surface area contributed by atoms with Gasteiger partial charge in [-0.3, -0.25) is 4.79 Å². The third kappa shape index (κ3) is 2.52. The highest BCUT2D eigenvalue weighted by Crippen LogP contribution is 2.46. The van der Waals surface area contributed by atoms with E-state index in [0.29, 0.717) is 10.9 Å². The summed E-state index contributed by atoms with van der Waals surface area (Å²) in [5, 5.41) is 3.15. The molecule has 1 unspecified atom stereocenters. The largest absolute Gasteiger partial charge is 0.392 e. The van der Waals surface area contributed by atoms with Crippen molar-refractivity contribution in [1.82, 2.24) is 10.2 Å². The van der Waals surface area contributed by atoms with Gasteiger partial charge in [0, 0.05) is 12.6 Å². The number of likely N-dealkylation sites (N-methyl/N-ethyl adjacent to an activating group) is 1. The zero-order valence-corrected chi connectivity index (χ0v) is 12.1. The maximum atomic E-state index is 12.4. The van der Waals surface area contributed by atoms with Gasteiger partial charge in [-0.1, -0.05) is 19.1 Å². The molecule has 1 saturated carbocycles. The molecule has 2 aliphatic rings. The van der Waals surface area contributed by atoms with Crippen LogP contribution in [-0.4, -0.2) is 42.0 Å². The first-order chi connectivity index (χ1) is 8.44. The van der Waals surface area contributed by atoms with Crippen LogP contribution in [0.1, 0.15) is 32.6 Å². The minimum absolute atomic E-state index is 0.0494. The third-order valence-electron chi connectivity index (χ3n) is 4.26. The summed E-state index contributed by atoms with van der Waals surface area (Å²) in [4.78, 5) is 15.0. The molecule has 2 fully saturated rings. The van der Waals surface area contributed by atoms with Gasteiger partial charge in [-0.25, -0.2) is 0 Å². The maximum absolute atomic E-state index is 12.4. The van der Waals surface area contributed by atoms with Crippen molar-refractivity contribution >= 4 is 23.1 Å². The van der Waals surface area contributed by atoms with Crippen molar-refractivity contribution in [2.45, 2.75) is 38.6 Å². The minimum atomic E-state index is -0.565. The lowest BCUT2D eigenvalue weighted by Gasteiger charge is -2.45. The number of amides is 1. The van der Waals surface area contributed by atoms with Crippen molar-refractivity contribution in [3.05, 3.63) is 0 Å². The number of carbonyl (C=O) groups is 1. The summed E-state index contributed by atoms with van der Waals surface area (Å²) in [6, 6.07) is 0.249. The number of nitrogens with one attached hydrogen (secondary N) is 1. The van der Waals surface area contributed by atoms with Gasteiger partial charge in [0.15, 0.2) is 0 Å². The van der Waals surface area contributed by atoms with Crippen LogP contribution in [0, 0.1) is 11.3 Å². The van der Waals surface area contributed by atoms with E-state index >= 15 is 0 Å². The molecule has 0 aromatic carbocycles. The SMILES string of the molecule is CC1CC(C(=O)NC2CCCN(C)C2)(C(N)=S)C1. The summed E-state index contributed by atoms with van der Waals surface area (Å²) >= 11 is 5.11. The van der Waals surface area contributed by atoms with Crippen LogP contribution in [0.3, 0.4) is 0 Å². The van der Waals surface area contributed by atoms with E-state index in [-0.39, 0.29) is 11.9 Å². The van der Waals surface area contributed by atoms with E-state index in [2.05, 4.69) is 24.2 Å². The Bertz CT molecular complexity index is 352. The lowest BCUT2D eigenvalue weighted by Crippen LogP contribution is -2.59. The Morgan fingerprint density at radius 2 is 2.17 bits per heavy atom. The number of hydrogen-bond acceptors (Lipinski definition) is 3. The summed E-state index contributed by atoms with van der Waals surface area (Å²) in [5.41, 5.74) is 5.22. The Morgan fingerprint density at radius 3 is 2.67 bits per heavy atom. The molecular formula is C13H23N3OS. The zero-order valence-electron chi connectivity index (χ0n) is 11.2. The van der Waals surface area contributed by atoms with Gasteiger partial charge in [0.05, 0.1) is 10.4 Å². The number of nitrogens with two attached hydrogens (primary N) is 1. The van der Waals surface area contributed by atoms with Crippen molar-refractivity contribution in [3.63, 3.8) is 0 Å². The van der Waals surface area contributed by atoms with Crippen LogP contribution < -0.4 is 11.1 Å². The number of hydrogen-bond donors (Lipinski definition) is 2. The number of carbonyl (C=O) groups excluding carboxylic acids is 1. The van der Waals surface area contributed by atoms with Gasteiger partial charge in [0.2, 0.25) is 5.91 Å². The zero-order chi connectivity index (χ0) is 13.3. The van der Waals surface area contributed by atoms with Crippen LogP contribution in [0.4, 0.5) is 0 Å². The van der Waals surface area contributed by atoms with Crippen molar-refractivity contribution < 1.29 is 4.79 Å². The molecule has 0 aromatic heterocycles. The molecule has 0 radical (unpaired) electrons. The standard InChI is InChI=1S/C13H23N3OS/c1-9-6-13(7-9,11(14)18)12(17)15-10-4-3-5-16(2)8-10/h9-10H,3-8H2,1-2H3,(H2,14,18)(H,15,17). The molecule has 0 spiro atoms. The minimum Gasteiger partial charge on any atom is -0.392 e. The fourth-order valence-corrected chi connectivity index (χ4v) is 3.50. The summed E-state index contributed by atoms with van der Waals surface area (Å²) in [7, 11) is 2.09. The molecular weight excluding hydrogens is 246 g/mol. The van der Waals surface area contributed by atoms with Gasteiger partial charge < -0.3 is 16.0 Å². The summed E-state index contributed by atoms with van der Waals surface area (Å²) in [5.74, 6) is 0.597. The number of piperidine rings is 1. The number of rotatable bonds is 3. The number of likely N-dealkylation sites (tertiary alicyclic amines) is 1. The van der Waals surface area contributed by atoms with Crippen molar-refractivity contribution in [2.24, 2.45) is 17.1 Å². The Balaban J connectivity index is 1.96. The van der Waals surface area contributed by atoms with Crippen molar-refractivity contribution in [3.8, 4) is 0 Å². The summed E-state index contributed by atoms with van der Waals surface area (Å²) in [6.07, 6.45) is 3.80. The predicted molar refractivity (Wildman–Crippen MR) is 76.3 cm³/mol. The van der Waals surface area contributed by atoms with E-state index in [4.69, 9.17) is 18.0 Å². The quantitative estimate of drug-likeness (QED) is 0.747. The molecule has 1 saturated heterocycles. The molecule has 2 rings (SSSR count). The second-order valence-electron chi connectivity index (χ2n) is 6.03. The van der Waals surface area contributed by atoms with Crippen LogP contribution in [0.2, 0.25) is 0 Å². The van der Waals surface area contributed by atoms with E-state index in [1.54, 1.807) is 0 Å². The lowest BCUT2D eigenvalue weighted by molar-refractivity contribution is -0.134. The Hall–Kier alpha value is -0.680. The molecule has 102 valence electrons. The molecule has 1 atom stereocenters. The fraction of sp³-hybridized carbons (Fsp3) is 0.846. The molecule has 1 aliphatic heterocycles. The molecule has 0 aromatic rings. The topological polar surface area (TPSA) is 58.4 Å². The Kier molecular flexibility index (Phi) is 3.92. The second kappa shape index (κ2) is 5.13. The van der Waals surface area contributed by atoms with Crippen molar-refractivity contribution in [2.75, 3.05) is 20.1 Å². The van der Waals surface area contributed by atoms with Crippen molar-refractivity contribution in [1.29, 1.82) is 0 Å². The summed E-state index contributed by atoms with van der Waals surface area (Å²) < 4.78 is 0. The van der Waals surface area contributed by atoms with E-state index in [1.807, 2.05) is 0 Å². The van der Waals surface area contributed by atoms with Gasteiger partial charge >= 0.3 is 0 Å². The number of thiocarbonyl (C=S) groups is 1. The average Bonchev–Trinajstić information content (AvgIpc) is 2.23. The molecule has 5 heteroatoms. The average molecular weight is 269 g/mol. The van der Waals surface area contributed by atoms with Gasteiger partial charge in [0.25, 0.3) is 0 Å². The summed E-state index contributed by atoms with van der Waals surface area (Å²) in [6.45, 7) is 4.18. The van der Waals surface area contributed by atoms with E-state index in [0.717, 1.165) is 38.8 Å². The van der Waals surface area contributed by atoms with E-state index in [9.17, 15) is 4.79 Å². The van der Waals surface area contributed by atoms with Gasteiger partial charge in [-0.15, -0.1) is 0 Å². The Morgan fingerprint density at radius 1 is 1.50 bits per heavy atom. The second-order valence-corrected chi connectivity index (χ2v) is 6.47. The molecule has 1 amide bonds. The molecule has 0 bridgehead atoms. The van der Waals surface area contributed by atoms with Crippen LogP contribution in [0.15, 0.2) is 0 Å². The predicted octanol–water partition coefficient (Wildman–Crippen LogP) is 0.899. The fourth-order valence-electron chi connectivity index (χ4n) is 3.24. The number of nitrogens with zero attached hydrogens (tertiary/aromatic N) is 1. The molecule has 4 nitrogen and oxygen atoms in total. The lowest BCUT2D eigenvalue weighted by atomic mass is 9.62. The first-order valence-corrected chi connectivity index (χ1v) is 7.14. The maximum Gasteiger partial charge on any atom is 0.233 e. The third-order valence-corrected chi connectivity index (χ3v) is 4.65. The van der Waals surface area contributed by atoms with Crippen LogP contribution in [-0.2, 0) is 4.79 Å². The van der Waals surface area contributed by atoms with Gasteiger partial charge in [-0.05, 0) is 45.2 Å². The van der Waals surface area contributed by atoms with E-state index in [1.165, 1.54) is 0 Å². The Labute approximate surface area is 114 Å². The molecule has 1 aliphatic carbocycles. The highest BCUT2D eigenvalue weighted by atomic mass is 32.1. The van der Waals surface area contributed by atoms with E-state index < -0.39 is 5.41 Å². The van der Waals surface area contributed by atoms with Crippen LogP contribution in [0.5, 0.6) is 0 Å². The van der Waals surface area contributed by atoms with Gasteiger partial charge in [0.1, 0.15) is 0 Å². The van der Waals surface area contributed by atoms with Crippen LogP contribution in [0.25, 0.3) is 0 Å². The highest BCUT2D eigenvalue weighted by Gasteiger charge is 2.51. The van der Waals surface area contributed by atoms with Gasteiger partial charge in [-0.2, -0.15) is 0 Å². The first-order valence-electron chi connectivity index (χ1n) is 6.73. The normalized spacial score (nSPS) is 36.8. The molecule has 18 heavy (non-hydrogen) atoms. The smallest absolute Gasteiger partial charge is 0.233 e. The molecule has 3 N–H and O–H groups in total. The molecule has 1 heterocycles. The monoisotopic (exact) mass is 269 g/mol.